The second kappa shape index (κ2) is 6.67. The Hall–Kier alpha value is -1.41. The summed E-state index contributed by atoms with van der Waals surface area (Å²) in [5.74, 6) is 1.78. The van der Waals surface area contributed by atoms with Crippen molar-refractivity contribution < 1.29 is 0 Å². The Labute approximate surface area is 116 Å². The summed E-state index contributed by atoms with van der Waals surface area (Å²) in [6.07, 6.45) is 2.87. The summed E-state index contributed by atoms with van der Waals surface area (Å²) in [7, 11) is 0. The van der Waals surface area contributed by atoms with Gasteiger partial charge in [0, 0.05) is 12.6 Å². The molecule has 0 saturated heterocycles. The van der Waals surface area contributed by atoms with Crippen molar-refractivity contribution in [1.82, 2.24) is 20.1 Å². The monoisotopic (exact) mass is 263 g/mol. The summed E-state index contributed by atoms with van der Waals surface area (Å²) in [5.41, 5.74) is -0.429. The van der Waals surface area contributed by atoms with Crippen LogP contribution in [0.5, 0.6) is 0 Å². The lowest BCUT2D eigenvalue weighted by Gasteiger charge is -2.25. The molecular weight excluding hydrogens is 238 g/mol. The maximum absolute atomic E-state index is 9.26. The molecule has 0 aromatic carbocycles. The van der Waals surface area contributed by atoms with Gasteiger partial charge in [0.15, 0.2) is 0 Å². The first-order chi connectivity index (χ1) is 8.86. The zero-order valence-corrected chi connectivity index (χ0v) is 12.7. The van der Waals surface area contributed by atoms with Crippen molar-refractivity contribution in [2.75, 3.05) is 0 Å². The van der Waals surface area contributed by atoms with Gasteiger partial charge in [-0.05, 0) is 53.9 Å². The number of hydrogen-bond donors (Lipinski definition) is 1. The van der Waals surface area contributed by atoms with Crippen LogP contribution in [0.15, 0.2) is 0 Å². The molecule has 1 N–H and O–H groups in total. The fourth-order valence-corrected chi connectivity index (χ4v) is 2.31. The molecular formula is C14H25N5. The van der Waals surface area contributed by atoms with Crippen molar-refractivity contribution in [3.8, 4) is 6.07 Å². The number of aromatic nitrogens is 3. The molecule has 1 aromatic rings. The highest BCUT2D eigenvalue weighted by molar-refractivity contribution is 5.04. The van der Waals surface area contributed by atoms with Crippen LogP contribution in [0.4, 0.5) is 0 Å². The Bertz CT molecular complexity index is 443. The van der Waals surface area contributed by atoms with Crippen LogP contribution in [-0.4, -0.2) is 26.3 Å². The number of hydrogen-bond acceptors (Lipinski definition) is 4. The van der Waals surface area contributed by atoms with E-state index in [1.165, 1.54) is 0 Å². The van der Waals surface area contributed by atoms with Gasteiger partial charge in [0.25, 0.3) is 0 Å². The van der Waals surface area contributed by atoms with Gasteiger partial charge in [-0.15, -0.1) is 0 Å². The number of rotatable bonds is 7. The molecule has 1 rings (SSSR count). The van der Waals surface area contributed by atoms with E-state index >= 15 is 0 Å². The third kappa shape index (κ3) is 4.99. The first kappa shape index (κ1) is 15.6. The van der Waals surface area contributed by atoms with Crippen LogP contribution in [0.3, 0.4) is 0 Å². The summed E-state index contributed by atoms with van der Waals surface area (Å²) < 4.78 is 1.94. The molecule has 1 atom stereocenters. The lowest BCUT2D eigenvalue weighted by Crippen LogP contribution is -2.44. The average molecular weight is 263 g/mol. The molecule has 0 spiro atoms. The SMILES string of the molecule is Cc1nc(C)n(CCCCC(C)(C#N)NC(C)C)n1. The minimum Gasteiger partial charge on any atom is -0.297 e. The molecule has 0 aliphatic heterocycles. The van der Waals surface area contributed by atoms with Crippen molar-refractivity contribution in [2.45, 2.75) is 72.0 Å². The molecule has 1 aromatic heterocycles. The number of nitrogens with one attached hydrogen (secondary N) is 1. The first-order valence-corrected chi connectivity index (χ1v) is 6.93. The molecule has 0 saturated carbocycles. The van der Waals surface area contributed by atoms with Gasteiger partial charge in [-0.25, -0.2) is 4.98 Å². The number of nitrogens with zero attached hydrogens (tertiary/aromatic N) is 4. The van der Waals surface area contributed by atoms with Crippen LogP contribution in [0, 0.1) is 25.2 Å². The van der Waals surface area contributed by atoms with E-state index in [1.54, 1.807) is 0 Å². The molecule has 106 valence electrons. The molecule has 0 amide bonds. The van der Waals surface area contributed by atoms with E-state index in [-0.39, 0.29) is 0 Å². The highest BCUT2D eigenvalue weighted by Crippen LogP contribution is 2.14. The largest absolute Gasteiger partial charge is 0.297 e. The summed E-state index contributed by atoms with van der Waals surface area (Å²) in [6.45, 7) is 10.9. The Kier molecular flexibility index (Phi) is 5.49. The molecule has 5 nitrogen and oxygen atoms in total. The second-order valence-corrected chi connectivity index (χ2v) is 5.63. The molecule has 19 heavy (non-hydrogen) atoms. The summed E-state index contributed by atoms with van der Waals surface area (Å²) in [4.78, 5) is 4.28. The molecule has 1 unspecified atom stereocenters. The molecule has 0 aliphatic carbocycles. The van der Waals surface area contributed by atoms with Crippen molar-refractivity contribution in [1.29, 1.82) is 5.26 Å². The van der Waals surface area contributed by atoms with Crippen molar-refractivity contribution >= 4 is 0 Å². The fraction of sp³-hybridized carbons (Fsp3) is 0.786. The summed E-state index contributed by atoms with van der Waals surface area (Å²) >= 11 is 0. The van der Waals surface area contributed by atoms with Crippen molar-refractivity contribution in [3.05, 3.63) is 11.6 Å². The van der Waals surface area contributed by atoms with Crippen LogP contribution in [0.1, 0.15) is 51.7 Å². The average Bonchev–Trinajstić information content (AvgIpc) is 2.63. The van der Waals surface area contributed by atoms with Gasteiger partial charge in [-0.2, -0.15) is 10.4 Å². The van der Waals surface area contributed by atoms with Gasteiger partial charge in [-0.3, -0.25) is 10.00 Å². The highest BCUT2D eigenvalue weighted by Gasteiger charge is 2.23. The Morgan fingerprint density at radius 3 is 2.53 bits per heavy atom. The summed E-state index contributed by atoms with van der Waals surface area (Å²) in [6, 6.07) is 2.70. The quantitative estimate of drug-likeness (QED) is 0.767. The Morgan fingerprint density at radius 1 is 1.37 bits per heavy atom. The van der Waals surface area contributed by atoms with E-state index in [1.807, 2.05) is 25.5 Å². The second-order valence-electron chi connectivity index (χ2n) is 5.63. The van der Waals surface area contributed by atoms with Crippen LogP contribution in [-0.2, 0) is 6.54 Å². The predicted molar refractivity (Wildman–Crippen MR) is 75.6 cm³/mol. The van der Waals surface area contributed by atoms with Crippen LogP contribution < -0.4 is 5.32 Å². The normalized spacial score (nSPS) is 14.4. The standard InChI is InChI=1S/C14H25N5/c1-11(2)17-14(5,10-15)8-6-7-9-19-13(4)16-12(3)18-19/h11,17H,6-9H2,1-5H3. The minimum atomic E-state index is -0.429. The number of aryl methyl sites for hydroxylation is 3. The lowest BCUT2D eigenvalue weighted by atomic mass is 9.95. The maximum Gasteiger partial charge on any atom is 0.147 e. The predicted octanol–water partition coefficient (Wildman–Crippen LogP) is 2.35. The number of nitriles is 1. The molecule has 0 bridgehead atoms. The van der Waals surface area contributed by atoms with Gasteiger partial charge >= 0.3 is 0 Å². The van der Waals surface area contributed by atoms with Gasteiger partial charge in [0.05, 0.1) is 6.07 Å². The van der Waals surface area contributed by atoms with Crippen molar-refractivity contribution in [2.24, 2.45) is 0 Å². The minimum absolute atomic E-state index is 0.324. The van der Waals surface area contributed by atoms with Crippen LogP contribution in [0.25, 0.3) is 0 Å². The van der Waals surface area contributed by atoms with Gasteiger partial charge in [0.2, 0.25) is 0 Å². The third-order valence-electron chi connectivity index (χ3n) is 3.11. The van der Waals surface area contributed by atoms with Crippen molar-refractivity contribution in [3.63, 3.8) is 0 Å². The topological polar surface area (TPSA) is 66.5 Å². The van der Waals surface area contributed by atoms with Gasteiger partial charge < -0.3 is 0 Å². The zero-order chi connectivity index (χ0) is 14.5. The van der Waals surface area contributed by atoms with E-state index in [4.69, 9.17) is 0 Å². The molecule has 0 aliphatic rings. The zero-order valence-electron chi connectivity index (χ0n) is 12.7. The van der Waals surface area contributed by atoms with E-state index in [0.29, 0.717) is 6.04 Å². The molecule has 5 heteroatoms. The smallest absolute Gasteiger partial charge is 0.147 e. The van der Waals surface area contributed by atoms with E-state index < -0.39 is 5.54 Å². The molecule has 0 fully saturated rings. The number of unbranched alkanes of at least 4 members (excludes halogenated alkanes) is 1. The Balaban J connectivity index is 2.38. The van der Waals surface area contributed by atoms with E-state index in [0.717, 1.165) is 37.5 Å². The van der Waals surface area contributed by atoms with Crippen LogP contribution >= 0.6 is 0 Å². The van der Waals surface area contributed by atoms with E-state index in [2.05, 4.69) is 35.3 Å². The van der Waals surface area contributed by atoms with Gasteiger partial charge in [0.1, 0.15) is 17.2 Å². The Morgan fingerprint density at radius 2 is 2.05 bits per heavy atom. The van der Waals surface area contributed by atoms with E-state index in [9.17, 15) is 5.26 Å². The van der Waals surface area contributed by atoms with Gasteiger partial charge in [-0.1, -0.05) is 0 Å². The maximum atomic E-state index is 9.26. The molecule has 1 heterocycles. The highest BCUT2D eigenvalue weighted by atomic mass is 15.3. The van der Waals surface area contributed by atoms with Crippen LogP contribution in [0.2, 0.25) is 0 Å². The fourth-order valence-electron chi connectivity index (χ4n) is 2.31. The first-order valence-electron chi connectivity index (χ1n) is 6.93. The molecule has 0 radical (unpaired) electrons. The summed E-state index contributed by atoms with van der Waals surface area (Å²) in [5, 5.41) is 16.9. The lowest BCUT2D eigenvalue weighted by molar-refractivity contribution is 0.363. The third-order valence-corrected chi connectivity index (χ3v) is 3.11.